The number of carboxylic acids is 1. The summed E-state index contributed by atoms with van der Waals surface area (Å²) < 4.78 is 0. The molecule has 0 radical (unpaired) electrons. The highest BCUT2D eigenvalue weighted by Gasteiger charge is 2.25. The SMILES string of the molecule is O=C(O)C(=O)NC1CCN(Cc2ccccc2)C1. The maximum atomic E-state index is 11.0. The first-order valence-corrected chi connectivity index (χ1v) is 5.95. The van der Waals surface area contributed by atoms with Crippen LogP contribution in [0.4, 0.5) is 0 Å². The molecule has 1 heterocycles. The van der Waals surface area contributed by atoms with Crippen LogP contribution in [0.15, 0.2) is 30.3 Å². The number of carboxylic acid groups (broad SMARTS) is 1. The average molecular weight is 248 g/mol. The highest BCUT2D eigenvalue weighted by atomic mass is 16.4. The molecule has 5 nitrogen and oxygen atoms in total. The summed E-state index contributed by atoms with van der Waals surface area (Å²) in [6.45, 7) is 2.41. The van der Waals surface area contributed by atoms with Gasteiger partial charge in [0.25, 0.3) is 0 Å². The van der Waals surface area contributed by atoms with Gasteiger partial charge in [-0.3, -0.25) is 9.69 Å². The summed E-state index contributed by atoms with van der Waals surface area (Å²) >= 11 is 0. The van der Waals surface area contributed by atoms with E-state index in [4.69, 9.17) is 5.11 Å². The summed E-state index contributed by atoms with van der Waals surface area (Å²) in [5, 5.41) is 11.0. The first-order valence-electron chi connectivity index (χ1n) is 5.95. The zero-order chi connectivity index (χ0) is 13.0. The van der Waals surface area contributed by atoms with Gasteiger partial charge in [-0.2, -0.15) is 0 Å². The van der Waals surface area contributed by atoms with Crippen LogP contribution in [0.25, 0.3) is 0 Å². The highest BCUT2D eigenvalue weighted by molar-refractivity contribution is 6.31. The van der Waals surface area contributed by atoms with Gasteiger partial charge in [-0.05, 0) is 12.0 Å². The van der Waals surface area contributed by atoms with Gasteiger partial charge < -0.3 is 10.4 Å². The second kappa shape index (κ2) is 5.64. The number of aliphatic carboxylic acids is 1. The van der Waals surface area contributed by atoms with E-state index in [1.807, 2.05) is 18.2 Å². The van der Waals surface area contributed by atoms with Gasteiger partial charge in [-0.1, -0.05) is 30.3 Å². The van der Waals surface area contributed by atoms with Crippen molar-refractivity contribution in [2.45, 2.75) is 19.0 Å². The predicted octanol–water partition coefficient (Wildman–Crippen LogP) is 0.462. The fourth-order valence-corrected chi connectivity index (χ4v) is 2.18. The molecule has 1 aliphatic rings. The Labute approximate surface area is 105 Å². The molecule has 1 unspecified atom stereocenters. The summed E-state index contributed by atoms with van der Waals surface area (Å²) in [5.41, 5.74) is 1.22. The highest BCUT2D eigenvalue weighted by Crippen LogP contribution is 2.13. The summed E-state index contributed by atoms with van der Waals surface area (Å²) in [4.78, 5) is 23.7. The predicted molar refractivity (Wildman–Crippen MR) is 65.9 cm³/mol. The van der Waals surface area contributed by atoms with Crippen LogP contribution in [0.5, 0.6) is 0 Å². The third kappa shape index (κ3) is 3.30. The molecule has 2 N–H and O–H groups in total. The zero-order valence-corrected chi connectivity index (χ0v) is 10.0. The molecule has 0 aromatic heterocycles. The number of hydrogen-bond acceptors (Lipinski definition) is 3. The Balaban J connectivity index is 1.82. The standard InChI is InChI=1S/C13H16N2O3/c16-12(13(17)18)14-11-6-7-15(9-11)8-10-4-2-1-3-5-10/h1-5,11H,6-9H2,(H,14,16)(H,17,18). The molecule has 1 aromatic rings. The van der Waals surface area contributed by atoms with Gasteiger partial charge >= 0.3 is 11.9 Å². The quantitative estimate of drug-likeness (QED) is 0.763. The number of carbonyl (C=O) groups is 2. The summed E-state index contributed by atoms with van der Waals surface area (Å²) in [6, 6.07) is 10.0. The largest absolute Gasteiger partial charge is 0.474 e. The van der Waals surface area contributed by atoms with E-state index < -0.39 is 11.9 Å². The Hall–Kier alpha value is -1.88. The number of nitrogens with zero attached hydrogens (tertiary/aromatic N) is 1. The van der Waals surface area contributed by atoms with Crippen molar-refractivity contribution < 1.29 is 14.7 Å². The van der Waals surface area contributed by atoms with Gasteiger partial charge in [0, 0.05) is 25.7 Å². The number of likely N-dealkylation sites (tertiary alicyclic amines) is 1. The molecule has 18 heavy (non-hydrogen) atoms. The van der Waals surface area contributed by atoms with E-state index in [1.165, 1.54) is 5.56 Å². The van der Waals surface area contributed by atoms with Crippen LogP contribution in [0, 0.1) is 0 Å². The van der Waals surface area contributed by atoms with Crippen LogP contribution < -0.4 is 5.32 Å². The van der Waals surface area contributed by atoms with E-state index in [2.05, 4.69) is 22.3 Å². The minimum atomic E-state index is -1.42. The van der Waals surface area contributed by atoms with Crippen molar-refractivity contribution in [2.24, 2.45) is 0 Å². The number of amides is 1. The molecule has 1 saturated heterocycles. The topological polar surface area (TPSA) is 69.6 Å². The molecule has 5 heteroatoms. The molecule has 1 fully saturated rings. The fourth-order valence-electron chi connectivity index (χ4n) is 2.18. The molecular weight excluding hydrogens is 232 g/mol. The van der Waals surface area contributed by atoms with E-state index in [1.54, 1.807) is 0 Å². The Morgan fingerprint density at radius 3 is 2.72 bits per heavy atom. The van der Waals surface area contributed by atoms with Crippen molar-refractivity contribution in [1.82, 2.24) is 10.2 Å². The van der Waals surface area contributed by atoms with E-state index in [0.29, 0.717) is 6.54 Å². The van der Waals surface area contributed by atoms with Crippen molar-refractivity contribution in [3.63, 3.8) is 0 Å². The Morgan fingerprint density at radius 1 is 1.33 bits per heavy atom. The molecule has 0 saturated carbocycles. The number of benzene rings is 1. The molecule has 2 rings (SSSR count). The van der Waals surface area contributed by atoms with Crippen molar-refractivity contribution in [3.8, 4) is 0 Å². The normalized spacial score (nSPS) is 19.7. The molecular formula is C13H16N2O3. The first-order chi connectivity index (χ1) is 8.65. The van der Waals surface area contributed by atoms with Crippen molar-refractivity contribution in [1.29, 1.82) is 0 Å². The average Bonchev–Trinajstić information content (AvgIpc) is 2.77. The van der Waals surface area contributed by atoms with Crippen LogP contribution in [0.1, 0.15) is 12.0 Å². The third-order valence-corrected chi connectivity index (χ3v) is 3.05. The number of hydrogen-bond donors (Lipinski definition) is 2. The van der Waals surface area contributed by atoms with Crippen LogP contribution in [0.2, 0.25) is 0 Å². The van der Waals surface area contributed by atoms with E-state index in [-0.39, 0.29) is 6.04 Å². The van der Waals surface area contributed by atoms with Crippen LogP contribution >= 0.6 is 0 Å². The molecule has 96 valence electrons. The Morgan fingerprint density at radius 2 is 2.06 bits per heavy atom. The van der Waals surface area contributed by atoms with Gasteiger partial charge in [-0.25, -0.2) is 4.79 Å². The fraction of sp³-hybridized carbons (Fsp3) is 0.385. The number of rotatable bonds is 3. The lowest BCUT2D eigenvalue weighted by molar-refractivity contribution is -0.150. The first kappa shape index (κ1) is 12.6. The van der Waals surface area contributed by atoms with E-state index >= 15 is 0 Å². The van der Waals surface area contributed by atoms with Crippen molar-refractivity contribution in [2.75, 3.05) is 13.1 Å². The van der Waals surface area contributed by atoms with Gasteiger partial charge in [0.15, 0.2) is 0 Å². The molecule has 1 amide bonds. The molecule has 0 aliphatic carbocycles. The summed E-state index contributed by atoms with van der Waals surface area (Å²) in [5.74, 6) is -2.34. The van der Waals surface area contributed by atoms with Gasteiger partial charge in [0.05, 0.1) is 0 Å². The van der Waals surface area contributed by atoms with Crippen LogP contribution in [-0.4, -0.2) is 41.0 Å². The minimum absolute atomic E-state index is 0.0580. The maximum Gasteiger partial charge on any atom is 0.394 e. The van der Waals surface area contributed by atoms with Crippen molar-refractivity contribution >= 4 is 11.9 Å². The Kier molecular flexibility index (Phi) is 3.94. The van der Waals surface area contributed by atoms with Gasteiger partial charge in [0.2, 0.25) is 0 Å². The molecule has 0 bridgehead atoms. The lowest BCUT2D eigenvalue weighted by Crippen LogP contribution is -2.40. The van der Waals surface area contributed by atoms with Crippen LogP contribution in [-0.2, 0) is 16.1 Å². The lowest BCUT2D eigenvalue weighted by Gasteiger charge is -2.16. The number of nitrogens with one attached hydrogen (secondary N) is 1. The molecule has 0 spiro atoms. The van der Waals surface area contributed by atoms with E-state index in [0.717, 1.165) is 19.5 Å². The van der Waals surface area contributed by atoms with Crippen LogP contribution in [0.3, 0.4) is 0 Å². The monoisotopic (exact) mass is 248 g/mol. The third-order valence-electron chi connectivity index (χ3n) is 3.05. The second-order valence-corrected chi connectivity index (χ2v) is 4.48. The number of carbonyl (C=O) groups excluding carboxylic acids is 1. The second-order valence-electron chi connectivity index (χ2n) is 4.48. The maximum absolute atomic E-state index is 11.0. The lowest BCUT2D eigenvalue weighted by atomic mass is 10.2. The minimum Gasteiger partial charge on any atom is -0.474 e. The smallest absolute Gasteiger partial charge is 0.394 e. The van der Waals surface area contributed by atoms with Crippen molar-refractivity contribution in [3.05, 3.63) is 35.9 Å². The molecule has 1 atom stereocenters. The summed E-state index contributed by atoms with van der Waals surface area (Å²) in [6.07, 6.45) is 0.797. The summed E-state index contributed by atoms with van der Waals surface area (Å²) in [7, 11) is 0. The molecule has 1 aromatic carbocycles. The Bertz CT molecular complexity index is 433. The zero-order valence-electron chi connectivity index (χ0n) is 10.0. The van der Waals surface area contributed by atoms with E-state index in [9.17, 15) is 9.59 Å². The van der Waals surface area contributed by atoms with Gasteiger partial charge in [0.1, 0.15) is 0 Å². The van der Waals surface area contributed by atoms with Gasteiger partial charge in [-0.15, -0.1) is 0 Å². The molecule has 1 aliphatic heterocycles.